The number of hydrogen-bond donors (Lipinski definition) is 0. The number of thiophene rings is 1. The normalized spacial score (nSPS) is 10.3. The molecule has 1 aromatic heterocycles. The Kier molecular flexibility index (Phi) is 3.90. The van der Waals surface area contributed by atoms with Crippen molar-refractivity contribution < 1.29 is 4.84 Å². The first kappa shape index (κ1) is 11.4. The minimum atomic E-state index is 0.310. The summed E-state index contributed by atoms with van der Waals surface area (Å²) in [5.74, 6) is 0. The number of rotatable bonds is 4. The van der Waals surface area contributed by atoms with Gasteiger partial charge in [0, 0.05) is 11.1 Å². The Hall–Kier alpha value is -2.12. The van der Waals surface area contributed by atoms with Gasteiger partial charge in [0.15, 0.2) is 0 Å². The fraction of sp³-hybridized carbons (Fsp3) is 0.0769. The van der Waals surface area contributed by atoms with Gasteiger partial charge in [-0.05, 0) is 22.9 Å². The van der Waals surface area contributed by atoms with Crippen molar-refractivity contribution in [2.45, 2.75) is 6.61 Å². The lowest BCUT2D eigenvalue weighted by atomic mass is 10.1. The molecule has 0 aliphatic carbocycles. The summed E-state index contributed by atoms with van der Waals surface area (Å²) in [6.07, 6.45) is 1.66. The Morgan fingerprint density at radius 3 is 3.00 bits per heavy atom. The third-order valence-electron chi connectivity index (χ3n) is 2.18. The lowest BCUT2D eigenvalue weighted by molar-refractivity contribution is 0.132. The predicted molar refractivity (Wildman–Crippen MR) is 67.9 cm³/mol. The fourth-order valence-electron chi connectivity index (χ4n) is 1.31. The Morgan fingerprint density at radius 2 is 2.24 bits per heavy atom. The van der Waals surface area contributed by atoms with Gasteiger partial charge >= 0.3 is 0 Å². The van der Waals surface area contributed by atoms with Crippen LogP contribution in [0.2, 0.25) is 0 Å². The van der Waals surface area contributed by atoms with Crippen molar-refractivity contribution in [3.8, 4) is 6.07 Å². The highest BCUT2D eigenvalue weighted by atomic mass is 32.1. The second-order valence-corrected chi connectivity index (χ2v) is 4.11. The Balaban J connectivity index is 1.92. The molecule has 3 nitrogen and oxygen atoms in total. The number of oxime groups is 1. The van der Waals surface area contributed by atoms with Crippen LogP contribution in [0, 0.1) is 11.3 Å². The molecule has 0 bridgehead atoms. The van der Waals surface area contributed by atoms with Crippen LogP contribution in [0.3, 0.4) is 0 Å². The molecule has 1 aromatic carbocycles. The van der Waals surface area contributed by atoms with Gasteiger partial charge in [-0.1, -0.05) is 23.4 Å². The largest absolute Gasteiger partial charge is 0.391 e. The van der Waals surface area contributed by atoms with E-state index < -0.39 is 0 Å². The molecule has 84 valence electrons. The van der Waals surface area contributed by atoms with E-state index in [0.717, 1.165) is 11.1 Å². The summed E-state index contributed by atoms with van der Waals surface area (Å²) in [5.41, 5.74) is 2.49. The van der Waals surface area contributed by atoms with Crippen molar-refractivity contribution in [1.29, 1.82) is 5.26 Å². The van der Waals surface area contributed by atoms with Crippen LogP contribution in [0.1, 0.15) is 16.7 Å². The van der Waals surface area contributed by atoms with Gasteiger partial charge in [0.05, 0.1) is 17.8 Å². The lowest BCUT2D eigenvalue weighted by Gasteiger charge is -2.01. The zero-order chi connectivity index (χ0) is 11.9. The smallest absolute Gasteiger partial charge is 0.143 e. The molecule has 0 aliphatic heterocycles. The highest BCUT2D eigenvalue weighted by Crippen LogP contribution is 2.09. The molecule has 17 heavy (non-hydrogen) atoms. The molecule has 0 saturated carbocycles. The molecular formula is C13H10N2OS. The third-order valence-corrected chi connectivity index (χ3v) is 2.88. The molecule has 4 heteroatoms. The maximum absolute atomic E-state index is 8.88. The molecule has 0 radical (unpaired) electrons. The average Bonchev–Trinajstić information content (AvgIpc) is 2.88. The molecule has 2 aromatic rings. The van der Waals surface area contributed by atoms with Gasteiger partial charge in [0.1, 0.15) is 6.61 Å². The van der Waals surface area contributed by atoms with Crippen LogP contribution >= 0.6 is 11.3 Å². The van der Waals surface area contributed by atoms with Crippen LogP contribution < -0.4 is 0 Å². The van der Waals surface area contributed by atoms with E-state index >= 15 is 0 Å². The lowest BCUT2D eigenvalue weighted by Crippen LogP contribution is -1.91. The first-order chi connectivity index (χ1) is 8.40. The van der Waals surface area contributed by atoms with Gasteiger partial charge in [-0.25, -0.2) is 0 Å². The standard InChI is InChI=1S/C13H10N2OS/c14-7-12-3-1-2-4-13(12)9-16-15-8-11-5-6-17-10-11/h1-6,8,10H,9H2/b15-8-. The third kappa shape index (κ3) is 3.16. The second-order valence-electron chi connectivity index (χ2n) is 3.33. The van der Waals surface area contributed by atoms with Crippen molar-refractivity contribution in [2.75, 3.05) is 0 Å². The monoisotopic (exact) mass is 242 g/mol. The van der Waals surface area contributed by atoms with Crippen LogP contribution in [0.25, 0.3) is 0 Å². The highest BCUT2D eigenvalue weighted by Gasteiger charge is 1.99. The molecule has 0 unspecified atom stereocenters. The van der Waals surface area contributed by atoms with E-state index in [4.69, 9.17) is 10.1 Å². The number of benzene rings is 1. The first-order valence-electron chi connectivity index (χ1n) is 5.05. The van der Waals surface area contributed by atoms with Crippen molar-refractivity contribution in [3.05, 3.63) is 57.8 Å². The van der Waals surface area contributed by atoms with Crippen LogP contribution in [0.15, 0.2) is 46.2 Å². The van der Waals surface area contributed by atoms with Crippen LogP contribution in [-0.2, 0) is 11.4 Å². The predicted octanol–water partition coefficient (Wildman–Crippen LogP) is 3.17. The summed E-state index contributed by atoms with van der Waals surface area (Å²) in [6, 6.07) is 11.4. The minimum Gasteiger partial charge on any atom is -0.391 e. The number of hydrogen-bond acceptors (Lipinski definition) is 4. The molecule has 2 rings (SSSR count). The summed E-state index contributed by atoms with van der Waals surface area (Å²) in [5, 5.41) is 16.7. The van der Waals surface area contributed by atoms with E-state index in [2.05, 4.69) is 11.2 Å². The minimum absolute atomic E-state index is 0.310. The van der Waals surface area contributed by atoms with Crippen LogP contribution in [-0.4, -0.2) is 6.21 Å². The Bertz CT molecular complexity index is 541. The van der Waals surface area contributed by atoms with Gasteiger partial charge in [-0.3, -0.25) is 0 Å². The number of nitrogens with zero attached hydrogens (tertiary/aromatic N) is 2. The Morgan fingerprint density at radius 1 is 1.35 bits per heavy atom. The highest BCUT2D eigenvalue weighted by molar-refractivity contribution is 7.08. The van der Waals surface area contributed by atoms with Gasteiger partial charge in [0.2, 0.25) is 0 Å². The van der Waals surface area contributed by atoms with Crippen LogP contribution in [0.5, 0.6) is 0 Å². The Labute approximate surface area is 104 Å². The van der Waals surface area contributed by atoms with Gasteiger partial charge < -0.3 is 4.84 Å². The van der Waals surface area contributed by atoms with E-state index in [9.17, 15) is 0 Å². The maximum Gasteiger partial charge on any atom is 0.143 e. The summed E-state index contributed by atoms with van der Waals surface area (Å²) in [4.78, 5) is 5.16. The molecular weight excluding hydrogens is 232 g/mol. The molecule has 0 aliphatic rings. The van der Waals surface area contributed by atoms with E-state index in [1.165, 1.54) is 0 Å². The van der Waals surface area contributed by atoms with Gasteiger partial charge in [-0.2, -0.15) is 16.6 Å². The van der Waals surface area contributed by atoms with E-state index in [0.29, 0.717) is 12.2 Å². The van der Waals surface area contributed by atoms with Crippen molar-refractivity contribution in [2.24, 2.45) is 5.16 Å². The summed E-state index contributed by atoms with van der Waals surface area (Å²) in [6.45, 7) is 0.310. The topological polar surface area (TPSA) is 45.4 Å². The summed E-state index contributed by atoms with van der Waals surface area (Å²) in [7, 11) is 0. The van der Waals surface area contributed by atoms with Gasteiger partial charge in [-0.15, -0.1) is 0 Å². The van der Waals surface area contributed by atoms with Crippen molar-refractivity contribution in [1.82, 2.24) is 0 Å². The number of nitriles is 1. The second kappa shape index (κ2) is 5.83. The van der Waals surface area contributed by atoms with E-state index in [1.54, 1.807) is 23.6 Å². The average molecular weight is 242 g/mol. The van der Waals surface area contributed by atoms with Crippen LogP contribution in [0.4, 0.5) is 0 Å². The molecule has 1 heterocycles. The molecule has 0 atom stereocenters. The van der Waals surface area contributed by atoms with Crippen molar-refractivity contribution in [3.63, 3.8) is 0 Å². The molecule has 0 saturated heterocycles. The summed E-state index contributed by atoms with van der Waals surface area (Å²) < 4.78 is 0. The van der Waals surface area contributed by atoms with Gasteiger partial charge in [0.25, 0.3) is 0 Å². The quantitative estimate of drug-likeness (QED) is 0.610. The zero-order valence-corrected chi connectivity index (χ0v) is 9.85. The van der Waals surface area contributed by atoms with Crippen molar-refractivity contribution >= 4 is 17.6 Å². The van der Waals surface area contributed by atoms with E-state index in [-0.39, 0.29) is 0 Å². The maximum atomic E-state index is 8.88. The molecule has 0 spiro atoms. The zero-order valence-electron chi connectivity index (χ0n) is 9.04. The SMILES string of the molecule is N#Cc1ccccc1CO/N=C\c1ccsc1. The first-order valence-corrected chi connectivity index (χ1v) is 6.00. The molecule has 0 amide bonds. The summed E-state index contributed by atoms with van der Waals surface area (Å²) >= 11 is 1.61. The molecule has 0 fully saturated rings. The van der Waals surface area contributed by atoms with E-state index in [1.807, 2.05) is 35.0 Å². The fourth-order valence-corrected chi connectivity index (χ4v) is 1.92. The molecule has 0 N–H and O–H groups in total.